The highest BCUT2D eigenvalue weighted by Gasteiger charge is 2.06. The monoisotopic (exact) mass is 304 g/mol. The van der Waals surface area contributed by atoms with Gasteiger partial charge in [0.15, 0.2) is 0 Å². The van der Waals surface area contributed by atoms with Gasteiger partial charge in [0.2, 0.25) is 0 Å². The van der Waals surface area contributed by atoms with Crippen LogP contribution in [0.15, 0.2) is 30.3 Å². The molecule has 0 aliphatic carbocycles. The molecule has 18 heavy (non-hydrogen) atoms. The second-order valence-electron chi connectivity index (χ2n) is 3.88. The van der Waals surface area contributed by atoms with Crippen molar-refractivity contribution in [3.05, 3.63) is 45.9 Å². The van der Waals surface area contributed by atoms with Crippen molar-refractivity contribution >= 4 is 44.1 Å². The molecule has 6 heteroatoms. The van der Waals surface area contributed by atoms with Gasteiger partial charge in [-0.15, -0.1) is 0 Å². The first kappa shape index (κ1) is 13.6. The number of hydrogen-bond donors (Lipinski definition) is 0. The fourth-order valence-corrected chi connectivity index (χ4v) is 2.33. The summed E-state index contributed by atoms with van der Waals surface area (Å²) in [5, 5.41) is 2.69. The van der Waals surface area contributed by atoms with E-state index >= 15 is 0 Å². The molecular weight excluding hydrogens is 295 g/mol. The van der Waals surface area contributed by atoms with E-state index in [9.17, 15) is 8.42 Å². The van der Waals surface area contributed by atoms with E-state index in [-0.39, 0.29) is 6.61 Å². The molecule has 0 aliphatic rings. The number of hydrogen-bond acceptors (Lipinski definition) is 3. The van der Waals surface area contributed by atoms with Crippen LogP contribution >= 0.6 is 23.2 Å². The summed E-state index contributed by atoms with van der Waals surface area (Å²) < 4.78 is 26.5. The van der Waals surface area contributed by atoms with Crippen LogP contribution in [0.2, 0.25) is 10.0 Å². The van der Waals surface area contributed by atoms with E-state index in [2.05, 4.69) is 0 Å². The van der Waals surface area contributed by atoms with Crippen molar-refractivity contribution in [3.8, 4) is 0 Å². The lowest BCUT2D eigenvalue weighted by Gasteiger charge is -2.06. The molecule has 0 aromatic heterocycles. The highest BCUT2D eigenvalue weighted by atomic mass is 35.5. The molecule has 0 bridgehead atoms. The Kier molecular flexibility index (Phi) is 3.82. The van der Waals surface area contributed by atoms with E-state index in [0.29, 0.717) is 10.0 Å². The van der Waals surface area contributed by atoms with Crippen LogP contribution in [-0.4, -0.2) is 14.7 Å². The van der Waals surface area contributed by atoms with E-state index < -0.39 is 10.1 Å². The Morgan fingerprint density at radius 2 is 1.89 bits per heavy atom. The Hall–Kier alpha value is -0.810. The molecule has 0 N–H and O–H groups in total. The van der Waals surface area contributed by atoms with Gasteiger partial charge in [0.05, 0.1) is 22.9 Å². The molecule has 0 unspecified atom stereocenters. The molecule has 0 saturated carbocycles. The van der Waals surface area contributed by atoms with E-state index in [1.807, 2.05) is 12.1 Å². The molecule has 0 radical (unpaired) electrons. The van der Waals surface area contributed by atoms with Crippen molar-refractivity contribution in [2.45, 2.75) is 6.61 Å². The SMILES string of the molecule is CS(=O)(=O)OCc1ccc2c(Cl)c(Cl)ccc2c1. The van der Waals surface area contributed by atoms with Crippen LogP contribution in [0.3, 0.4) is 0 Å². The van der Waals surface area contributed by atoms with Crippen LogP contribution in [0.5, 0.6) is 0 Å². The molecule has 0 fully saturated rings. The minimum atomic E-state index is -3.44. The topological polar surface area (TPSA) is 43.4 Å². The maximum atomic E-state index is 10.9. The summed E-state index contributed by atoms with van der Waals surface area (Å²) in [6.45, 7) is 0.00895. The van der Waals surface area contributed by atoms with E-state index in [1.54, 1.807) is 18.2 Å². The average Bonchev–Trinajstić information content (AvgIpc) is 2.30. The summed E-state index contributed by atoms with van der Waals surface area (Å²) in [6, 6.07) is 8.91. The molecule has 0 amide bonds. The zero-order valence-electron chi connectivity index (χ0n) is 9.48. The molecule has 2 rings (SSSR count). The van der Waals surface area contributed by atoms with Gasteiger partial charge in [-0.2, -0.15) is 8.42 Å². The minimum absolute atomic E-state index is 0.00895. The van der Waals surface area contributed by atoms with Crippen LogP contribution in [0, 0.1) is 0 Å². The summed E-state index contributed by atoms with van der Waals surface area (Å²) in [5.74, 6) is 0. The quantitative estimate of drug-likeness (QED) is 0.813. The zero-order valence-corrected chi connectivity index (χ0v) is 11.8. The van der Waals surface area contributed by atoms with Crippen LogP contribution < -0.4 is 0 Å². The van der Waals surface area contributed by atoms with Gasteiger partial charge >= 0.3 is 0 Å². The van der Waals surface area contributed by atoms with Crippen molar-refractivity contribution in [2.75, 3.05) is 6.26 Å². The average molecular weight is 305 g/mol. The fraction of sp³-hybridized carbons (Fsp3) is 0.167. The normalized spacial score (nSPS) is 11.9. The first-order valence-corrected chi connectivity index (χ1v) is 7.65. The Bertz CT molecular complexity index is 696. The maximum Gasteiger partial charge on any atom is 0.264 e. The van der Waals surface area contributed by atoms with Crippen molar-refractivity contribution in [1.82, 2.24) is 0 Å². The summed E-state index contributed by atoms with van der Waals surface area (Å²) in [4.78, 5) is 0. The third-order valence-corrected chi connectivity index (χ3v) is 3.78. The van der Waals surface area contributed by atoms with Gasteiger partial charge in [0.1, 0.15) is 0 Å². The molecule has 0 saturated heterocycles. The Morgan fingerprint density at radius 1 is 1.17 bits per heavy atom. The predicted octanol–water partition coefficient (Wildman–Crippen LogP) is 3.62. The zero-order chi connectivity index (χ0) is 13.3. The van der Waals surface area contributed by atoms with Gasteiger partial charge in [-0.1, -0.05) is 41.4 Å². The van der Waals surface area contributed by atoms with Crippen molar-refractivity contribution in [3.63, 3.8) is 0 Å². The third-order valence-electron chi connectivity index (χ3n) is 2.41. The van der Waals surface area contributed by atoms with Crippen molar-refractivity contribution < 1.29 is 12.6 Å². The van der Waals surface area contributed by atoms with E-state index in [4.69, 9.17) is 27.4 Å². The standard InChI is InChI=1S/C12H10Cl2O3S/c1-18(15,16)17-7-8-2-4-10-9(6-8)3-5-11(13)12(10)14/h2-6H,7H2,1H3. The number of rotatable bonds is 3. The van der Waals surface area contributed by atoms with Crippen LogP contribution in [-0.2, 0) is 20.9 Å². The minimum Gasteiger partial charge on any atom is -0.265 e. The van der Waals surface area contributed by atoms with Gasteiger partial charge in [0, 0.05) is 5.39 Å². The van der Waals surface area contributed by atoms with Gasteiger partial charge in [0.25, 0.3) is 10.1 Å². The molecule has 0 atom stereocenters. The summed E-state index contributed by atoms with van der Waals surface area (Å²) >= 11 is 12.0. The van der Waals surface area contributed by atoms with Crippen LogP contribution in [0.25, 0.3) is 10.8 Å². The highest BCUT2D eigenvalue weighted by Crippen LogP contribution is 2.31. The summed E-state index contributed by atoms with van der Waals surface area (Å²) in [5.41, 5.74) is 0.756. The molecular formula is C12H10Cl2O3S. The lowest BCUT2D eigenvalue weighted by molar-refractivity contribution is 0.312. The third kappa shape index (κ3) is 3.14. The van der Waals surface area contributed by atoms with Crippen molar-refractivity contribution in [2.24, 2.45) is 0 Å². The van der Waals surface area contributed by atoms with Gasteiger partial charge in [-0.05, 0) is 23.1 Å². The second kappa shape index (κ2) is 5.05. The molecule has 2 aromatic rings. The smallest absolute Gasteiger partial charge is 0.264 e. The molecule has 0 heterocycles. The van der Waals surface area contributed by atoms with E-state index in [0.717, 1.165) is 22.6 Å². The van der Waals surface area contributed by atoms with Gasteiger partial charge in [-0.3, -0.25) is 4.18 Å². The Morgan fingerprint density at radius 3 is 2.56 bits per heavy atom. The predicted molar refractivity (Wildman–Crippen MR) is 73.6 cm³/mol. The maximum absolute atomic E-state index is 10.9. The van der Waals surface area contributed by atoms with Crippen LogP contribution in [0.1, 0.15) is 5.56 Å². The lowest BCUT2D eigenvalue weighted by atomic mass is 10.1. The van der Waals surface area contributed by atoms with Gasteiger partial charge in [-0.25, -0.2) is 0 Å². The Balaban J connectivity index is 2.37. The molecule has 3 nitrogen and oxygen atoms in total. The lowest BCUT2D eigenvalue weighted by Crippen LogP contribution is -2.02. The van der Waals surface area contributed by atoms with Crippen LogP contribution in [0.4, 0.5) is 0 Å². The first-order chi connectivity index (χ1) is 8.37. The molecule has 0 aliphatic heterocycles. The highest BCUT2D eigenvalue weighted by molar-refractivity contribution is 7.85. The molecule has 0 spiro atoms. The first-order valence-electron chi connectivity index (χ1n) is 5.08. The fourth-order valence-electron chi connectivity index (χ4n) is 1.58. The summed E-state index contributed by atoms with van der Waals surface area (Å²) in [7, 11) is -3.44. The summed E-state index contributed by atoms with van der Waals surface area (Å²) in [6.07, 6.45) is 1.02. The number of fused-ring (bicyclic) bond motifs is 1. The largest absolute Gasteiger partial charge is 0.265 e. The molecule has 96 valence electrons. The molecule has 2 aromatic carbocycles. The van der Waals surface area contributed by atoms with Gasteiger partial charge < -0.3 is 0 Å². The number of benzene rings is 2. The number of halogens is 2. The van der Waals surface area contributed by atoms with E-state index in [1.165, 1.54) is 0 Å². The van der Waals surface area contributed by atoms with Crippen molar-refractivity contribution in [1.29, 1.82) is 0 Å². The second-order valence-corrected chi connectivity index (χ2v) is 6.31. The Labute approximate surface area is 115 Å².